The molecule has 0 aromatic heterocycles. The Hall–Kier alpha value is -0.240. The van der Waals surface area contributed by atoms with Gasteiger partial charge in [0.05, 0.1) is 6.61 Å². The van der Waals surface area contributed by atoms with Gasteiger partial charge in [-0.25, -0.2) is 0 Å². The molecule has 0 unspecified atom stereocenters. The van der Waals surface area contributed by atoms with E-state index in [1.807, 2.05) is 0 Å². The van der Waals surface area contributed by atoms with Crippen molar-refractivity contribution in [3.05, 3.63) is 0 Å². The fourth-order valence-electron chi connectivity index (χ4n) is 3.26. The third kappa shape index (κ3) is 8.33. The third-order valence-electron chi connectivity index (χ3n) is 4.86. The van der Waals surface area contributed by atoms with E-state index in [1.165, 1.54) is 58.5 Å². The van der Waals surface area contributed by atoms with E-state index in [2.05, 4.69) is 6.92 Å². The van der Waals surface area contributed by atoms with E-state index in [0.29, 0.717) is 6.61 Å². The average molecular weight is 363 g/mol. The molecule has 25 heavy (non-hydrogen) atoms. The van der Waals surface area contributed by atoms with Crippen molar-refractivity contribution in [3.63, 3.8) is 0 Å². The lowest BCUT2D eigenvalue weighted by molar-refractivity contribution is -0.301. The zero-order valence-corrected chi connectivity index (χ0v) is 15.9. The molecule has 0 saturated carbocycles. The third-order valence-corrected chi connectivity index (χ3v) is 4.86. The Morgan fingerprint density at radius 2 is 1.40 bits per heavy atom. The van der Waals surface area contributed by atoms with Crippen molar-refractivity contribution in [2.45, 2.75) is 102 Å². The highest BCUT2D eigenvalue weighted by Gasteiger charge is 2.45. The smallest absolute Gasteiger partial charge is 0.186 e. The van der Waals surface area contributed by atoms with Crippen LogP contribution in [0, 0.1) is 0 Å². The van der Waals surface area contributed by atoms with Gasteiger partial charge in [-0.2, -0.15) is 0 Å². The fourth-order valence-corrected chi connectivity index (χ4v) is 3.26. The number of aliphatic hydroxyl groups is 3. The molecule has 0 aliphatic carbocycles. The zero-order chi connectivity index (χ0) is 18.5. The number of ether oxygens (including phenoxy) is 3. The molecular weight excluding hydrogens is 324 g/mol. The SMILES string of the molecule is CCCCCCCCCCCCO[C@@H]1[C@H](O)[C@@H](O)[C@@H](OC)O[C@@H]1CO. The Bertz CT molecular complexity index is 312. The quantitative estimate of drug-likeness (QED) is 0.411. The van der Waals surface area contributed by atoms with Crippen molar-refractivity contribution < 1.29 is 29.5 Å². The molecular formula is C19H38O6. The van der Waals surface area contributed by atoms with Crippen molar-refractivity contribution in [2.24, 2.45) is 0 Å². The summed E-state index contributed by atoms with van der Waals surface area (Å²) in [7, 11) is 1.39. The largest absolute Gasteiger partial charge is 0.394 e. The van der Waals surface area contributed by atoms with Crippen LogP contribution >= 0.6 is 0 Å². The predicted octanol–water partition coefficient (Wildman–Crippen LogP) is 2.38. The lowest BCUT2D eigenvalue weighted by Crippen LogP contribution is -2.59. The van der Waals surface area contributed by atoms with Gasteiger partial charge in [0.2, 0.25) is 0 Å². The molecule has 1 heterocycles. The topological polar surface area (TPSA) is 88.4 Å². The van der Waals surface area contributed by atoms with Gasteiger partial charge in [-0.1, -0.05) is 64.7 Å². The van der Waals surface area contributed by atoms with Crippen LogP contribution in [0.5, 0.6) is 0 Å². The molecule has 6 nitrogen and oxygen atoms in total. The summed E-state index contributed by atoms with van der Waals surface area (Å²) in [5.74, 6) is 0. The molecule has 1 rings (SSSR count). The van der Waals surface area contributed by atoms with Gasteiger partial charge in [-0.3, -0.25) is 0 Å². The first kappa shape index (κ1) is 22.8. The summed E-state index contributed by atoms with van der Waals surface area (Å²) in [6.45, 7) is 2.44. The molecule has 3 N–H and O–H groups in total. The summed E-state index contributed by atoms with van der Waals surface area (Å²) in [5, 5.41) is 29.5. The van der Waals surface area contributed by atoms with Crippen molar-refractivity contribution in [1.82, 2.24) is 0 Å². The second kappa shape index (κ2) is 13.9. The van der Waals surface area contributed by atoms with Crippen molar-refractivity contribution in [3.8, 4) is 0 Å². The monoisotopic (exact) mass is 362 g/mol. The fraction of sp³-hybridized carbons (Fsp3) is 1.00. The summed E-state index contributed by atoms with van der Waals surface area (Å²) in [5.41, 5.74) is 0. The number of aliphatic hydroxyl groups excluding tert-OH is 3. The van der Waals surface area contributed by atoms with Gasteiger partial charge in [-0.15, -0.1) is 0 Å². The molecule has 0 spiro atoms. The zero-order valence-electron chi connectivity index (χ0n) is 15.9. The lowest BCUT2D eigenvalue weighted by Gasteiger charge is -2.41. The van der Waals surface area contributed by atoms with Gasteiger partial charge in [0.15, 0.2) is 6.29 Å². The number of rotatable bonds is 14. The molecule has 150 valence electrons. The van der Waals surface area contributed by atoms with Crippen LogP contribution in [0.15, 0.2) is 0 Å². The number of hydrogen-bond acceptors (Lipinski definition) is 6. The predicted molar refractivity (Wildman–Crippen MR) is 96.4 cm³/mol. The number of methoxy groups -OCH3 is 1. The van der Waals surface area contributed by atoms with Gasteiger partial charge < -0.3 is 29.5 Å². The van der Waals surface area contributed by atoms with Gasteiger partial charge >= 0.3 is 0 Å². The van der Waals surface area contributed by atoms with E-state index in [-0.39, 0.29) is 6.61 Å². The van der Waals surface area contributed by atoms with Crippen molar-refractivity contribution in [2.75, 3.05) is 20.3 Å². The first-order valence-corrected chi connectivity index (χ1v) is 9.92. The molecule has 1 aliphatic heterocycles. The molecule has 5 atom stereocenters. The van der Waals surface area contributed by atoms with E-state index in [0.717, 1.165) is 12.8 Å². The Labute approximate surface area is 152 Å². The van der Waals surface area contributed by atoms with Gasteiger partial charge in [0.25, 0.3) is 0 Å². The Morgan fingerprint density at radius 3 is 1.92 bits per heavy atom. The van der Waals surface area contributed by atoms with Crippen molar-refractivity contribution >= 4 is 0 Å². The van der Waals surface area contributed by atoms with E-state index in [9.17, 15) is 15.3 Å². The first-order chi connectivity index (χ1) is 12.2. The molecule has 1 aliphatic rings. The maximum Gasteiger partial charge on any atom is 0.186 e. The normalized spacial score (nSPS) is 29.9. The van der Waals surface area contributed by atoms with Gasteiger partial charge in [0.1, 0.15) is 24.4 Å². The second-order valence-corrected chi connectivity index (χ2v) is 6.96. The second-order valence-electron chi connectivity index (χ2n) is 6.96. The van der Waals surface area contributed by atoms with Crippen LogP contribution < -0.4 is 0 Å². The van der Waals surface area contributed by atoms with Gasteiger partial charge in [-0.05, 0) is 6.42 Å². The molecule has 1 fully saturated rings. The standard InChI is InChI=1S/C19H38O6/c1-3-4-5-6-7-8-9-10-11-12-13-24-18-15(14-20)25-19(23-2)17(22)16(18)21/h15-22H,3-14H2,1-2H3/t15-,16-,17-,18+,19+/m1/s1. The number of hydrogen-bond donors (Lipinski definition) is 3. The summed E-state index contributed by atoms with van der Waals surface area (Å²) in [6, 6.07) is 0. The molecule has 0 amide bonds. The maximum atomic E-state index is 10.2. The average Bonchev–Trinajstić information content (AvgIpc) is 2.63. The van der Waals surface area contributed by atoms with Crippen LogP contribution in [0.25, 0.3) is 0 Å². The van der Waals surface area contributed by atoms with E-state index in [1.54, 1.807) is 0 Å². The van der Waals surface area contributed by atoms with E-state index < -0.39 is 30.7 Å². The van der Waals surface area contributed by atoms with E-state index >= 15 is 0 Å². The minimum Gasteiger partial charge on any atom is -0.394 e. The van der Waals surface area contributed by atoms with Crippen LogP contribution in [-0.2, 0) is 14.2 Å². The summed E-state index contributed by atoms with van der Waals surface area (Å²) >= 11 is 0. The first-order valence-electron chi connectivity index (χ1n) is 9.92. The molecule has 0 aromatic carbocycles. The Kier molecular flexibility index (Phi) is 12.7. The lowest BCUT2D eigenvalue weighted by atomic mass is 9.99. The van der Waals surface area contributed by atoms with E-state index in [4.69, 9.17) is 14.2 Å². The maximum absolute atomic E-state index is 10.2. The Balaban J connectivity index is 2.10. The molecule has 0 aromatic rings. The van der Waals surface area contributed by atoms with Crippen LogP contribution in [0.3, 0.4) is 0 Å². The summed E-state index contributed by atoms with van der Waals surface area (Å²) < 4.78 is 16.1. The highest BCUT2D eigenvalue weighted by atomic mass is 16.7. The minimum atomic E-state index is -1.18. The minimum absolute atomic E-state index is 0.285. The molecule has 1 saturated heterocycles. The van der Waals surface area contributed by atoms with Crippen LogP contribution in [0.1, 0.15) is 71.1 Å². The Morgan fingerprint density at radius 1 is 0.840 bits per heavy atom. The highest BCUT2D eigenvalue weighted by Crippen LogP contribution is 2.24. The highest BCUT2D eigenvalue weighted by molar-refractivity contribution is 4.90. The molecule has 6 heteroatoms. The van der Waals surface area contributed by atoms with Crippen LogP contribution in [-0.4, -0.2) is 66.3 Å². The van der Waals surface area contributed by atoms with Crippen LogP contribution in [0.2, 0.25) is 0 Å². The summed E-state index contributed by atoms with van der Waals surface area (Å²) in [4.78, 5) is 0. The molecule has 0 radical (unpaired) electrons. The molecule has 0 bridgehead atoms. The number of unbranched alkanes of at least 4 members (excludes halogenated alkanes) is 9. The van der Waals surface area contributed by atoms with Crippen molar-refractivity contribution in [1.29, 1.82) is 0 Å². The van der Waals surface area contributed by atoms with Crippen LogP contribution in [0.4, 0.5) is 0 Å². The summed E-state index contributed by atoms with van der Waals surface area (Å²) in [6.07, 6.45) is 7.77. The van der Waals surface area contributed by atoms with Gasteiger partial charge in [0, 0.05) is 13.7 Å².